The van der Waals surface area contributed by atoms with E-state index >= 15 is 0 Å². The number of halogens is 3. The first-order valence-electron chi connectivity index (χ1n) is 6.78. The Kier molecular flexibility index (Phi) is 6.97. The lowest BCUT2D eigenvalue weighted by Gasteiger charge is -2.35. The minimum Gasteiger partial charge on any atom is -0.323 e. The molecule has 0 saturated carbocycles. The van der Waals surface area contributed by atoms with Crippen molar-refractivity contribution in [3.05, 3.63) is 22.8 Å². The van der Waals surface area contributed by atoms with Gasteiger partial charge < -0.3 is 10.6 Å². The molecule has 1 saturated heterocycles. The van der Waals surface area contributed by atoms with Crippen LogP contribution in [0.4, 0.5) is 5.69 Å². The number of hydrogen-bond acceptors (Lipinski definition) is 3. The molecule has 4 nitrogen and oxygen atoms in total. The quantitative estimate of drug-likeness (QED) is 0.509. The second-order valence-corrected chi connectivity index (χ2v) is 9.03. The lowest BCUT2D eigenvalue weighted by Crippen LogP contribution is -2.55. The Hall–Kier alpha value is 0.800. The van der Waals surface area contributed by atoms with E-state index in [1.807, 2.05) is 0 Å². The van der Waals surface area contributed by atoms with Gasteiger partial charge >= 0.3 is 0 Å². The van der Waals surface area contributed by atoms with Crippen molar-refractivity contribution < 1.29 is 4.79 Å². The highest BCUT2D eigenvalue weighted by atomic mass is 127. The van der Waals surface area contributed by atoms with Crippen molar-refractivity contribution in [1.29, 1.82) is 0 Å². The molecule has 0 aliphatic carbocycles. The number of amides is 1. The van der Waals surface area contributed by atoms with E-state index in [0.717, 1.165) is 25.9 Å². The summed E-state index contributed by atoms with van der Waals surface area (Å²) in [5.41, 5.74) is 0.929. The predicted molar refractivity (Wildman–Crippen MR) is 112 cm³/mol. The molecule has 1 aromatic rings. The van der Waals surface area contributed by atoms with Crippen LogP contribution in [0.3, 0.4) is 0 Å². The van der Waals surface area contributed by atoms with Crippen LogP contribution in [0.15, 0.2) is 12.1 Å². The normalized spacial score (nSPS) is 23.1. The number of anilines is 1. The average Bonchev–Trinajstić information content (AvgIpc) is 2.32. The zero-order valence-corrected chi connectivity index (χ0v) is 18.4. The van der Waals surface area contributed by atoms with Crippen LogP contribution in [-0.2, 0) is 4.79 Å². The highest BCUT2D eigenvalue weighted by Crippen LogP contribution is 2.27. The van der Waals surface area contributed by atoms with Gasteiger partial charge in [0.2, 0.25) is 5.91 Å². The molecule has 1 aromatic carbocycles. The van der Waals surface area contributed by atoms with Gasteiger partial charge in [-0.15, -0.1) is 0 Å². The van der Waals surface area contributed by atoms with Crippen LogP contribution in [-0.4, -0.2) is 42.5 Å². The summed E-state index contributed by atoms with van der Waals surface area (Å²) in [6, 6.07) is 5.02. The second-order valence-electron chi connectivity index (χ2n) is 5.46. The summed E-state index contributed by atoms with van der Waals surface area (Å²) in [4.78, 5) is 14.5. The Morgan fingerprint density at radius 2 is 1.76 bits per heavy atom. The molecular formula is C14H18I3N3O. The Bertz CT molecular complexity index is 505. The fourth-order valence-electron chi connectivity index (χ4n) is 2.61. The smallest absolute Gasteiger partial charge is 0.238 e. The van der Waals surface area contributed by atoms with E-state index < -0.39 is 0 Å². The minimum atomic E-state index is 0.0633. The van der Waals surface area contributed by atoms with Crippen LogP contribution in [0, 0.1) is 10.7 Å². The van der Waals surface area contributed by atoms with Gasteiger partial charge in [-0.25, -0.2) is 0 Å². The van der Waals surface area contributed by atoms with E-state index in [0.29, 0.717) is 18.6 Å². The number of carbonyl (C=O) groups excluding carboxylic acids is 1. The highest BCUT2D eigenvalue weighted by Gasteiger charge is 2.23. The third-order valence-electron chi connectivity index (χ3n) is 3.27. The van der Waals surface area contributed by atoms with Gasteiger partial charge in [0.05, 0.1) is 12.2 Å². The molecule has 2 N–H and O–H groups in total. The molecule has 2 atom stereocenters. The van der Waals surface area contributed by atoms with Crippen molar-refractivity contribution in [2.45, 2.75) is 25.9 Å². The Labute approximate surface area is 166 Å². The maximum atomic E-state index is 12.3. The number of nitrogens with one attached hydrogen (secondary N) is 2. The van der Waals surface area contributed by atoms with Crippen molar-refractivity contribution in [2.24, 2.45) is 0 Å². The molecule has 7 heteroatoms. The molecular weight excluding hydrogens is 607 g/mol. The second kappa shape index (κ2) is 8.06. The van der Waals surface area contributed by atoms with Crippen LogP contribution >= 0.6 is 67.8 Å². The monoisotopic (exact) mass is 625 g/mol. The highest BCUT2D eigenvalue weighted by molar-refractivity contribution is 14.1. The van der Waals surface area contributed by atoms with Crippen LogP contribution in [0.2, 0.25) is 0 Å². The first-order chi connectivity index (χ1) is 9.85. The summed E-state index contributed by atoms with van der Waals surface area (Å²) in [5.74, 6) is 0.0633. The first-order valence-corrected chi connectivity index (χ1v) is 10.0. The van der Waals surface area contributed by atoms with Crippen molar-refractivity contribution >= 4 is 79.4 Å². The number of rotatable bonds is 3. The van der Waals surface area contributed by atoms with E-state index in [1.54, 1.807) is 0 Å². The van der Waals surface area contributed by atoms with Gasteiger partial charge in [0, 0.05) is 35.9 Å². The van der Waals surface area contributed by atoms with E-state index in [2.05, 4.69) is 109 Å². The number of benzene rings is 1. The van der Waals surface area contributed by atoms with Gasteiger partial charge in [-0.3, -0.25) is 9.69 Å². The molecule has 0 aromatic heterocycles. The van der Waals surface area contributed by atoms with E-state index in [9.17, 15) is 4.79 Å². The molecule has 2 rings (SSSR count). The van der Waals surface area contributed by atoms with Crippen molar-refractivity contribution in [3.63, 3.8) is 0 Å². The predicted octanol–water partition coefficient (Wildman–Crippen LogP) is 3.12. The summed E-state index contributed by atoms with van der Waals surface area (Å²) >= 11 is 6.84. The van der Waals surface area contributed by atoms with Gasteiger partial charge in [-0.2, -0.15) is 0 Å². The van der Waals surface area contributed by atoms with E-state index in [-0.39, 0.29) is 5.91 Å². The van der Waals surface area contributed by atoms with E-state index in [4.69, 9.17) is 0 Å². The van der Waals surface area contributed by atoms with Gasteiger partial charge in [-0.1, -0.05) is 0 Å². The minimum absolute atomic E-state index is 0.0633. The Morgan fingerprint density at radius 3 is 2.29 bits per heavy atom. The zero-order valence-electron chi connectivity index (χ0n) is 11.9. The zero-order chi connectivity index (χ0) is 15.6. The molecule has 0 bridgehead atoms. The topological polar surface area (TPSA) is 44.4 Å². The molecule has 1 fully saturated rings. The largest absolute Gasteiger partial charge is 0.323 e. The summed E-state index contributed by atoms with van der Waals surface area (Å²) in [5, 5.41) is 6.54. The lowest BCUT2D eigenvalue weighted by molar-refractivity contribution is -0.117. The Morgan fingerprint density at radius 1 is 1.24 bits per heavy atom. The first kappa shape index (κ1) is 18.1. The van der Waals surface area contributed by atoms with Crippen molar-refractivity contribution in [3.8, 4) is 0 Å². The maximum absolute atomic E-state index is 12.3. The molecule has 2 unspecified atom stereocenters. The molecule has 1 aliphatic rings. The standard InChI is InChI=1S/C14H18I3N3O/c1-8-5-20(6-9(2)18-8)7-13(21)19-14-11(16)3-10(15)4-12(14)17/h3-4,8-9,18H,5-7H2,1-2H3,(H,19,21). The van der Waals surface area contributed by atoms with Gasteiger partial charge in [0.25, 0.3) is 0 Å². The van der Waals surface area contributed by atoms with Crippen LogP contribution < -0.4 is 10.6 Å². The summed E-state index contributed by atoms with van der Waals surface area (Å²) in [6.45, 7) is 6.60. The maximum Gasteiger partial charge on any atom is 0.238 e. The number of carbonyl (C=O) groups is 1. The SMILES string of the molecule is CC1CN(CC(=O)Nc2c(I)cc(I)cc2I)CC(C)N1. The molecule has 1 heterocycles. The average molecular weight is 625 g/mol. The van der Waals surface area contributed by atoms with Crippen LogP contribution in [0.5, 0.6) is 0 Å². The molecule has 0 spiro atoms. The summed E-state index contributed by atoms with van der Waals surface area (Å²) in [6.07, 6.45) is 0. The van der Waals surface area contributed by atoms with Gasteiger partial charge in [0.1, 0.15) is 0 Å². The van der Waals surface area contributed by atoms with Crippen molar-refractivity contribution in [1.82, 2.24) is 10.2 Å². The van der Waals surface area contributed by atoms with Crippen LogP contribution in [0.1, 0.15) is 13.8 Å². The summed E-state index contributed by atoms with van der Waals surface area (Å²) in [7, 11) is 0. The fourth-order valence-corrected chi connectivity index (χ4v) is 6.47. The number of piperazine rings is 1. The van der Waals surface area contributed by atoms with Crippen molar-refractivity contribution in [2.75, 3.05) is 25.0 Å². The third-order valence-corrected chi connectivity index (χ3v) is 5.60. The molecule has 1 amide bonds. The third kappa shape index (κ3) is 5.43. The molecule has 116 valence electrons. The number of nitrogens with zero attached hydrogens (tertiary/aromatic N) is 1. The summed E-state index contributed by atoms with van der Waals surface area (Å²) < 4.78 is 3.35. The lowest BCUT2D eigenvalue weighted by atomic mass is 10.1. The van der Waals surface area contributed by atoms with E-state index in [1.165, 1.54) is 3.57 Å². The number of hydrogen-bond donors (Lipinski definition) is 2. The molecule has 21 heavy (non-hydrogen) atoms. The van der Waals surface area contributed by atoms with Crippen LogP contribution in [0.25, 0.3) is 0 Å². The van der Waals surface area contributed by atoms with Gasteiger partial charge in [-0.05, 0) is 93.8 Å². The molecule has 1 aliphatic heterocycles. The molecule has 0 radical (unpaired) electrons. The van der Waals surface area contributed by atoms with Gasteiger partial charge in [0.15, 0.2) is 0 Å². The fraction of sp³-hybridized carbons (Fsp3) is 0.500. The Balaban J connectivity index is 1.99.